The van der Waals surface area contributed by atoms with E-state index in [0.717, 1.165) is 0 Å². The highest BCUT2D eigenvalue weighted by Crippen LogP contribution is 2.22. The number of hydrogen-bond acceptors (Lipinski definition) is 6. The van der Waals surface area contributed by atoms with Crippen molar-refractivity contribution in [3.05, 3.63) is 24.4 Å². The predicted octanol–water partition coefficient (Wildman–Crippen LogP) is 0.323. The van der Waals surface area contributed by atoms with Crippen LogP contribution in [0.5, 0.6) is 0 Å². The number of nitrogen functional groups attached to an aromatic ring is 1. The van der Waals surface area contributed by atoms with E-state index in [4.69, 9.17) is 10.6 Å². The van der Waals surface area contributed by atoms with Crippen LogP contribution >= 0.6 is 0 Å². The standard InChI is InChI=1S/C12H19N5O3S/c1-12(2,20-3)8-14-21(18,19)11-10(16-13)15-9-6-4-5-7-17(9)11/h4-7,14,16H,8,13H2,1-3H3. The Balaban J connectivity index is 2.44. The molecule has 0 radical (unpaired) electrons. The van der Waals surface area contributed by atoms with E-state index in [2.05, 4.69) is 15.1 Å². The van der Waals surface area contributed by atoms with Crippen molar-refractivity contribution in [1.82, 2.24) is 14.1 Å². The fourth-order valence-corrected chi connectivity index (χ4v) is 3.18. The van der Waals surface area contributed by atoms with E-state index in [1.807, 2.05) is 0 Å². The van der Waals surface area contributed by atoms with E-state index in [0.29, 0.717) is 5.65 Å². The van der Waals surface area contributed by atoms with Gasteiger partial charge in [0.1, 0.15) is 5.65 Å². The zero-order chi connectivity index (χ0) is 15.7. The van der Waals surface area contributed by atoms with E-state index >= 15 is 0 Å². The Morgan fingerprint density at radius 1 is 1.43 bits per heavy atom. The summed E-state index contributed by atoms with van der Waals surface area (Å²) in [5.74, 6) is 5.46. The first-order valence-electron chi connectivity index (χ1n) is 6.29. The number of ether oxygens (including phenoxy) is 1. The van der Waals surface area contributed by atoms with Crippen molar-refractivity contribution in [2.24, 2.45) is 5.84 Å². The van der Waals surface area contributed by atoms with E-state index in [1.165, 1.54) is 11.5 Å². The summed E-state index contributed by atoms with van der Waals surface area (Å²) in [4.78, 5) is 4.14. The molecule has 0 spiro atoms. The summed E-state index contributed by atoms with van der Waals surface area (Å²) in [5, 5.41) is -0.0347. The number of methoxy groups -OCH3 is 1. The largest absolute Gasteiger partial charge is 0.377 e. The highest BCUT2D eigenvalue weighted by Gasteiger charge is 2.27. The first-order valence-corrected chi connectivity index (χ1v) is 7.77. The van der Waals surface area contributed by atoms with Crippen molar-refractivity contribution < 1.29 is 13.2 Å². The number of hydrogen-bond donors (Lipinski definition) is 3. The number of pyridine rings is 1. The topological polar surface area (TPSA) is 111 Å². The van der Waals surface area contributed by atoms with Gasteiger partial charge in [0, 0.05) is 19.9 Å². The summed E-state index contributed by atoms with van der Waals surface area (Å²) >= 11 is 0. The number of hydrazine groups is 1. The monoisotopic (exact) mass is 313 g/mol. The number of anilines is 1. The maximum absolute atomic E-state index is 12.5. The maximum Gasteiger partial charge on any atom is 0.260 e. The fraction of sp³-hybridized carbons (Fsp3) is 0.417. The lowest BCUT2D eigenvalue weighted by molar-refractivity contribution is 0.0276. The lowest BCUT2D eigenvalue weighted by Gasteiger charge is -2.23. The van der Waals surface area contributed by atoms with Gasteiger partial charge in [0.15, 0.2) is 10.8 Å². The van der Waals surface area contributed by atoms with Crippen molar-refractivity contribution in [2.75, 3.05) is 19.1 Å². The number of imidazole rings is 1. The number of rotatable bonds is 6. The SMILES string of the molecule is COC(C)(C)CNS(=O)(=O)c1c(NN)nc2ccccn12. The minimum Gasteiger partial charge on any atom is -0.377 e. The molecule has 0 amide bonds. The lowest BCUT2D eigenvalue weighted by Crippen LogP contribution is -2.40. The van der Waals surface area contributed by atoms with Crippen LogP contribution in [0.25, 0.3) is 5.65 Å². The smallest absolute Gasteiger partial charge is 0.260 e. The molecule has 0 aliphatic carbocycles. The van der Waals surface area contributed by atoms with Crippen molar-refractivity contribution >= 4 is 21.5 Å². The molecule has 0 unspecified atom stereocenters. The molecule has 2 aromatic heterocycles. The summed E-state index contributed by atoms with van der Waals surface area (Å²) in [6.45, 7) is 3.69. The van der Waals surface area contributed by atoms with E-state index in [-0.39, 0.29) is 17.4 Å². The van der Waals surface area contributed by atoms with Gasteiger partial charge in [-0.2, -0.15) is 0 Å². The Bertz CT molecular complexity index is 738. The van der Waals surface area contributed by atoms with Crippen LogP contribution in [0.1, 0.15) is 13.8 Å². The second-order valence-electron chi connectivity index (χ2n) is 5.13. The third-order valence-corrected chi connectivity index (χ3v) is 4.54. The second kappa shape index (κ2) is 5.60. The van der Waals surface area contributed by atoms with Crippen molar-refractivity contribution in [3.63, 3.8) is 0 Å². The number of aromatic nitrogens is 2. The molecule has 9 heteroatoms. The van der Waals surface area contributed by atoms with Gasteiger partial charge in [0.05, 0.1) is 5.60 Å². The Hall–Kier alpha value is -1.68. The third-order valence-electron chi connectivity index (χ3n) is 3.12. The Kier molecular flexibility index (Phi) is 4.19. The first-order chi connectivity index (χ1) is 9.80. The number of nitrogens with one attached hydrogen (secondary N) is 2. The van der Waals surface area contributed by atoms with Gasteiger partial charge >= 0.3 is 0 Å². The predicted molar refractivity (Wildman–Crippen MR) is 79.3 cm³/mol. The van der Waals surface area contributed by atoms with Crippen LogP contribution in [0.2, 0.25) is 0 Å². The molecular weight excluding hydrogens is 294 g/mol. The molecule has 0 aliphatic rings. The van der Waals surface area contributed by atoms with Crippen molar-refractivity contribution in [3.8, 4) is 0 Å². The van der Waals surface area contributed by atoms with Gasteiger partial charge in [0.2, 0.25) is 0 Å². The molecule has 0 aromatic carbocycles. The van der Waals surface area contributed by atoms with Crippen LogP contribution in [0, 0.1) is 0 Å². The number of nitrogens with two attached hydrogens (primary N) is 1. The molecule has 8 nitrogen and oxygen atoms in total. The Morgan fingerprint density at radius 2 is 2.14 bits per heavy atom. The van der Waals surface area contributed by atoms with Gasteiger partial charge in [-0.3, -0.25) is 4.40 Å². The normalized spacial score (nSPS) is 12.8. The van der Waals surface area contributed by atoms with Crippen molar-refractivity contribution in [2.45, 2.75) is 24.5 Å². The molecule has 0 atom stereocenters. The molecular formula is C12H19N5O3S. The summed E-state index contributed by atoms with van der Waals surface area (Å²) in [6.07, 6.45) is 1.61. The summed E-state index contributed by atoms with van der Waals surface area (Å²) in [6, 6.07) is 5.17. The molecule has 0 saturated carbocycles. The molecule has 2 rings (SSSR count). The number of nitrogens with zero attached hydrogens (tertiary/aromatic N) is 2. The zero-order valence-electron chi connectivity index (χ0n) is 12.1. The van der Waals surface area contributed by atoms with Crippen LogP contribution in [0.15, 0.2) is 29.4 Å². The first kappa shape index (κ1) is 15.7. The summed E-state index contributed by atoms with van der Waals surface area (Å²) in [5.41, 5.74) is 2.18. The van der Waals surface area contributed by atoms with Crippen LogP contribution in [-0.4, -0.2) is 37.1 Å². The highest BCUT2D eigenvalue weighted by molar-refractivity contribution is 7.89. The van der Waals surface area contributed by atoms with Crippen molar-refractivity contribution in [1.29, 1.82) is 0 Å². The highest BCUT2D eigenvalue weighted by atomic mass is 32.2. The molecule has 0 fully saturated rings. The van der Waals surface area contributed by atoms with E-state index < -0.39 is 15.6 Å². The lowest BCUT2D eigenvalue weighted by atomic mass is 10.1. The number of sulfonamides is 1. The fourth-order valence-electron chi connectivity index (χ4n) is 1.73. The quantitative estimate of drug-likeness (QED) is 0.523. The zero-order valence-corrected chi connectivity index (χ0v) is 12.9. The molecule has 0 saturated heterocycles. The van der Waals surface area contributed by atoms with E-state index in [1.54, 1.807) is 38.2 Å². The average Bonchev–Trinajstić information content (AvgIpc) is 2.84. The summed E-state index contributed by atoms with van der Waals surface area (Å²) < 4.78 is 34.2. The molecule has 2 heterocycles. The second-order valence-corrected chi connectivity index (χ2v) is 6.81. The summed E-state index contributed by atoms with van der Waals surface area (Å²) in [7, 11) is -2.28. The van der Waals surface area contributed by atoms with Crippen LogP contribution in [-0.2, 0) is 14.8 Å². The van der Waals surface area contributed by atoms with Gasteiger partial charge in [-0.15, -0.1) is 0 Å². The Labute approximate surface area is 123 Å². The number of fused-ring (bicyclic) bond motifs is 1. The molecule has 116 valence electrons. The van der Waals surface area contributed by atoms with Crippen LogP contribution < -0.4 is 16.0 Å². The van der Waals surface area contributed by atoms with Crippen LogP contribution in [0.3, 0.4) is 0 Å². The van der Waals surface area contributed by atoms with E-state index in [9.17, 15) is 8.42 Å². The average molecular weight is 313 g/mol. The maximum atomic E-state index is 12.5. The van der Waals surface area contributed by atoms with Gasteiger partial charge in [-0.05, 0) is 26.0 Å². The molecule has 2 aromatic rings. The molecule has 0 bridgehead atoms. The molecule has 21 heavy (non-hydrogen) atoms. The van der Waals surface area contributed by atoms with Gasteiger partial charge in [-0.1, -0.05) is 6.07 Å². The minimum absolute atomic E-state index is 0.0347. The molecule has 0 aliphatic heterocycles. The van der Waals surface area contributed by atoms with Gasteiger partial charge < -0.3 is 10.2 Å². The Morgan fingerprint density at radius 3 is 2.76 bits per heavy atom. The molecule has 4 N–H and O–H groups in total. The van der Waals surface area contributed by atoms with Gasteiger partial charge in [-0.25, -0.2) is 24.0 Å². The third kappa shape index (κ3) is 3.16. The van der Waals surface area contributed by atoms with Gasteiger partial charge in [0.25, 0.3) is 10.0 Å². The van der Waals surface area contributed by atoms with Crippen LogP contribution in [0.4, 0.5) is 5.82 Å². The minimum atomic E-state index is -3.80.